The van der Waals surface area contributed by atoms with Crippen LogP contribution in [0.4, 0.5) is 0 Å². The number of amides is 1. The summed E-state index contributed by atoms with van der Waals surface area (Å²) in [6, 6.07) is 9.91. The molecule has 2 N–H and O–H groups in total. The fourth-order valence-corrected chi connectivity index (χ4v) is 4.21. The van der Waals surface area contributed by atoms with E-state index in [0.717, 1.165) is 24.8 Å². The summed E-state index contributed by atoms with van der Waals surface area (Å²) in [5.74, 6) is 0.370. The molecule has 0 aliphatic carbocycles. The second-order valence-electron chi connectivity index (χ2n) is 7.86. The van der Waals surface area contributed by atoms with E-state index in [0.29, 0.717) is 30.8 Å². The molecule has 1 aliphatic heterocycles. The molecule has 1 fully saturated rings. The predicted molar refractivity (Wildman–Crippen MR) is 111 cm³/mol. The van der Waals surface area contributed by atoms with Crippen LogP contribution in [-0.2, 0) is 12.8 Å². The van der Waals surface area contributed by atoms with E-state index in [4.69, 9.17) is 4.42 Å². The highest BCUT2D eigenvalue weighted by atomic mass is 16.4. The van der Waals surface area contributed by atoms with Gasteiger partial charge in [0.25, 0.3) is 5.91 Å². The number of H-pyrrole nitrogens is 1. The molecule has 1 aromatic carbocycles. The summed E-state index contributed by atoms with van der Waals surface area (Å²) in [5, 5.41) is 10.6. The Morgan fingerprint density at radius 2 is 2.14 bits per heavy atom. The quantitative estimate of drug-likeness (QED) is 0.696. The minimum atomic E-state index is -0.574. The van der Waals surface area contributed by atoms with Gasteiger partial charge < -0.3 is 19.4 Å². The molecule has 1 atom stereocenters. The fraction of sp³-hybridized carbons (Fsp3) is 0.391. The molecule has 0 saturated carbocycles. The van der Waals surface area contributed by atoms with Crippen LogP contribution in [0.25, 0.3) is 10.9 Å². The third kappa shape index (κ3) is 3.98. The van der Waals surface area contributed by atoms with Crippen LogP contribution < -0.4 is 5.63 Å². The number of carbonyl (C=O) groups is 1. The van der Waals surface area contributed by atoms with Gasteiger partial charge in [0.05, 0.1) is 0 Å². The predicted octanol–water partition coefficient (Wildman–Crippen LogP) is 3.06. The largest absolute Gasteiger partial charge is 0.427 e. The number of rotatable bonds is 5. The van der Waals surface area contributed by atoms with Gasteiger partial charge in [0.2, 0.25) is 0 Å². The van der Waals surface area contributed by atoms with E-state index in [9.17, 15) is 14.7 Å². The first-order valence-corrected chi connectivity index (χ1v) is 10.2. The molecule has 6 nitrogen and oxygen atoms in total. The summed E-state index contributed by atoms with van der Waals surface area (Å²) >= 11 is 0. The number of aromatic amines is 1. The van der Waals surface area contributed by atoms with Crippen LogP contribution in [0, 0.1) is 12.8 Å². The maximum Gasteiger partial charge on any atom is 0.349 e. The van der Waals surface area contributed by atoms with Gasteiger partial charge in [-0.3, -0.25) is 4.79 Å². The Hall–Kier alpha value is -2.86. The van der Waals surface area contributed by atoms with E-state index in [-0.39, 0.29) is 24.0 Å². The number of aliphatic hydroxyl groups is 1. The number of aryl methyl sites for hydroxylation is 3. The number of likely N-dealkylation sites (tertiary alicyclic amines) is 1. The second kappa shape index (κ2) is 8.25. The number of aliphatic hydroxyl groups excluding tert-OH is 1. The van der Waals surface area contributed by atoms with Crippen molar-refractivity contribution in [3.05, 3.63) is 69.4 Å². The average molecular weight is 394 g/mol. The first-order valence-electron chi connectivity index (χ1n) is 10.2. The fourth-order valence-electron chi connectivity index (χ4n) is 4.21. The van der Waals surface area contributed by atoms with Crippen molar-refractivity contribution in [1.82, 2.24) is 9.88 Å². The smallest absolute Gasteiger partial charge is 0.349 e. The Bertz CT molecular complexity index is 1080. The number of nitrogens with one attached hydrogen (secondary N) is 1. The molecule has 1 saturated heterocycles. The molecule has 1 aliphatic rings. The van der Waals surface area contributed by atoms with Crippen molar-refractivity contribution in [1.29, 1.82) is 0 Å². The van der Waals surface area contributed by atoms with Crippen molar-refractivity contribution in [3.63, 3.8) is 0 Å². The van der Waals surface area contributed by atoms with Gasteiger partial charge in [-0.05, 0) is 55.4 Å². The molecule has 1 amide bonds. The van der Waals surface area contributed by atoms with Crippen molar-refractivity contribution in [2.45, 2.75) is 32.6 Å². The van der Waals surface area contributed by atoms with Crippen molar-refractivity contribution in [2.75, 3.05) is 19.7 Å². The van der Waals surface area contributed by atoms with Gasteiger partial charge in [-0.25, -0.2) is 4.79 Å². The number of para-hydroxylation sites is 1. The van der Waals surface area contributed by atoms with Crippen molar-refractivity contribution in [2.24, 2.45) is 5.92 Å². The number of hydrogen-bond donors (Lipinski definition) is 2. The van der Waals surface area contributed by atoms with E-state index < -0.39 is 5.63 Å². The van der Waals surface area contributed by atoms with Crippen molar-refractivity contribution in [3.8, 4) is 0 Å². The maximum absolute atomic E-state index is 12.9. The molecule has 4 rings (SSSR count). The number of carbonyl (C=O) groups excluding carboxylic acids is 1. The summed E-state index contributed by atoms with van der Waals surface area (Å²) in [6.45, 7) is 2.93. The third-order valence-corrected chi connectivity index (χ3v) is 5.79. The van der Waals surface area contributed by atoms with Gasteiger partial charge in [-0.1, -0.05) is 18.2 Å². The van der Waals surface area contributed by atoms with Crippen LogP contribution in [0.2, 0.25) is 0 Å². The zero-order valence-corrected chi connectivity index (χ0v) is 16.6. The topological polar surface area (TPSA) is 86.5 Å². The molecule has 2 aromatic heterocycles. The standard InChI is InChI=1S/C23H26N2O4/c1-15-11-18(9-8-17-12-24-20-7-3-2-6-19(17)20)29-23(28)21(15)22(27)25-10-4-5-16(13-25)14-26/h2-3,6-7,11-12,16,24,26H,4-5,8-10,13-14H2,1H3. The molecule has 6 heteroatoms. The van der Waals surface area contributed by atoms with Crippen LogP contribution >= 0.6 is 0 Å². The molecular formula is C23H26N2O4. The third-order valence-electron chi connectivity index (χ3n) is 5.79. The summed E-state index contributed by atoms with van der Waals surface area (Å²) in [6.07, 6.45) is 5.05. The van der Waals surface area contributed by atoms with Gasteiger partial charge >= 0.3 is 5.63 Å². The van der Waals surface area contributed by atoms with E-state index in [1.165, 1.54) is 10.9 Å². The first-order chi connectivity index (χ1) is 14.1. The van der Waals surface area contributed by atoms with E-state index in [1.807, 2.05) is 24.4 Å². The highest BCUT2D eigenvalue weighted by Gasteiger charge is 2.27. The Balaban J connectivity index is 1.51. The van der Waals surface area contributed by atoms with Gasteiger partial charge in [0, 0.05) is 43.2 Å². The minimum absolute atomic E-state index is 0.0597. The van der Waals surface area contributed by atoms with Gasteiger partial charge in [-0.15, -0.1) is 0 Å². The molecule has 1 unspecified atom stereocenters. The zero-order chi connectivity index (χ0) is 20.4. The van der Waals surface area contributed by atoms with Crippen LogP contribution in [0.15, 0.2) is 45.7 Å². The Labute approximate surface area is 169 Å². The first kappa shape index (κ1) is 19.5. The summed E-state index contributed by atoms with van der Waals surface area (Å²) < 4.78 is 5.50. The second-order valence-corrected chi connectivity index (χ2v) is 7.86. The van der Waals surface area contributed by atoms with Crippen LogP contribution in [-0.4, -0.2) is 40.6 Å². The van der Waals surface area contributed by atoms with Crippen molar-refractivity contribution >= 4 is 16.8 Å². The lowest BCUT2D eigenvalue weighted by atomic mass is 9.98. The Kier molecular flexibility index (Phi) is 5.53. The van der Waals surface area contributed by atoms with E-state index >= 15 is 0 Å². The SMILES string of the molecule is Cc1cc(CCc2c[nH]c3ccccc23)oc(=O)c1C(=O)N1CCCC(CO)C1. The molecule has 3 aromatic rings. The summed E-state index contributed by atoms with van der Waals surface area (Å²) in [4.78, 5) is 30.4. The summed E-state index contributed by atoms with van der Waals surface area (Å²) in [7, 11) is 0. The number of nitrogens with zero attached hydrogens (tertiary/aromatic N) is 1. The Morgan fingerprint density at radius 1 is 1.31 bits per heavy atom. The molecule has 152 valence electrons. The molecule has 0 radical (unpaired) electrons. The lowest BCUT2D eigenvalue weighted by Gasteiger charge is -2.31. The molecule has 29 heavy (non-hydrogen) atoms. The van der Waals surface area contributed by atoms with E-state index in [1.54, 1.807) is 17.9 Å². The molecule has 0 spiro atoms. The lowest BCUT2D eigenvalue weighted by molar-refractivity contribution is 0.0615. The minimum Gasteiger partial charge on any atom is -0.427 e. The van der Waals surface area contributed by atoms with Gasteiger partial charge in [0.15, 0.2) is 0 Å². The Morgan fingerprint density at radius 3 is 2.93 bits per heavy atom. The number of piperidine rings is 1. The molecular weight excluding hydrogens is 368 g/mol. The van der Waals surface area contributed by atoms with Crippen LogP contribution in [0.5, 0.6) is 0 Å². The highest BCUT2D eigenvalue weighted by Crippen LogP contribution is 2.21. The number of fused-ring (bicyclic) bond motifs is 1. The maximum atomic E-state index is 12.9. The number of aromatic nitrogens is 1. The lowest BCUT2D eigenvalue weighted by Crippen LogP contribution is -2.42. The normalized spacial score (nSPS) is 17.0. The number of benzene rings is 1. The zero-order valence-electron chi connectivity index (χ0n) is 16.6. The van der Waals surface area contributed by atoms with E-state index in [2.05, 4.69) is 11.1 Å². The van der Waals surface area contributed by atoms with Gasteiger partial charge in [-0.2, -0.15) is 0 Å². The van der Waals surface area contributed by atoms with Crippen LogP contribution in [0.1, 0.15) is 40.1 Å². The molecule has 0 bridgehead atoms. The highest BCUT2D eigenvalue weighted by molar-refractivity contribution is 5.95. The summed E-state index contributed by atoms with van der Waals surface area (Å²) in [5.41, 5.74) is 2.44. The van der Waals surface area contributed by atoms with Gasteiger partial charge in [0.1, 0.15) is 11.3 Å². The van der Waals surface area contributed by atoms with Crippen LogP contribution in [0.3, 0.4) is 0 Å². The number of hydrogen-bond acceptors (Lipinski definition) is 4. The molecule has 3 heterocycles. The average Bonchev–Trinajstić information content (AvgIpc) is 3.15. The monoisotopic (exact) mass is 394 g/mol. The van der Waals surface area contributed by atoms with Crippen molar-refractivity contribution < 1.29 is 14.3 Å².